The summed E-state index contributed by atoms with van der Waals surface area (Å²) in [5, 5.41) is 4.15. The fourth-order valence-electron chi connectivity index (χ4n) is 1.78. The Morgan fingerprint density at radius 1 is 1.50 bits per heavy atom. The molecule has 4 nitrogen and oxygen atoms in total. The molecule has 0 amide bonds. The van der Waals surface area contributed by atoms with Crippen molar-refractivity contribution in [2.24, 2.45) is 12.8 Å². The molecule has 1 aromatic heterocycles. The van der Waals surface area contributed by atoms with Crippen molar-refractivity contribution in [3.63, 3.8) is 0 Å². The van der Waals surface area contributed by atoms with E-state index >= 15 is 0 Å². The van der Waals surface area contributed by atoms with E-state index in [1.54, 1.807) is 4.68 Å². The number of likely N-dealkylation sites (N-methyl/N-ethyl adjacent to an activating group) is 1. The number of unbranched alkanes of at least 4 members (excludes halogenated alkanes) is 1. The second-order valence-electron chi connectivity index (χ2n) is 4.30. The van der Waals surface area contributed by atoms with Gasteiger partial charge in [0.1, 0.15) is 0 Å². The Bertz CT molecular complexity index is 295. The van der Waals surface area contributed by atoms with Gasteiger partial charge in [0.25, 0.3) is 0 Å². The Morgan fingerprint density at radius 3 is 2.75 bits per heavy atom. The van der Waals surface area contributed by atoms with Crippen LogP contribution in [0.25, 0.3) is 0 Å². The van der Waals surface area contributed by atoms with Crippen molar-refractivity contribution in [3.05, 3.63) is 18.0 Å². The van der Waals surface area contributed by atoms with E-state index in [-0.39, 0.29) is 6.04 Å². The Balaban J connectivity index is 2.45. The molecular weight excluding hydrogens is 200 g/mol. The molecule has 0 fully saturated rings. The summed E-state index contributed by atoms with van der Waals surface area (Å²) in [6.45, 7) is 7.53. The number of hydrogen-bond donors (Lipinski definition) is 1. The summed E-state index contributed by atoms with van der Waals surface area (Å²) >= 11 is 0. The van der Waals surface area contributed by atoms with Crippen LogP contribution < -0.4 is 5.73 Å². The molecule has 1 unspecified atom stereocenters. The molecule has 0 spiro atoms. The monoisotopic (exact) mass is 224 g/mol. The zero-order valence-corrected chi connectivity index (χ0v) is 10.7. The SMILES string of the molecule is CCCCN(CC)CC(N)c1cnn(C)c1. The van der Waals surface area contributed by atoms with E-state index in [9.17, 15) is 0 Å². The van der Waals surface area contributed by atoms with Crippen molar-refractivity contribution < 1.29 is 0 Å². The Labute approximate surface area is 98.4 Å². The van der Waals surface area contributed by atoms with Gasteiger partial charge in [-0.25, -0.2) is 0 Å². The van der Waals surface area contributed by atoms with Crippen LogP contribution in [0, 0.1) is 0 Å². The summed E-state index contributed by atoms with van der Waals surface area (Å²) in [7, 11) is 1.92. The zero-order chi connectivity index (χ0) is 12.0. The van der Waals surface area contributed by atoms with Crippen LogP contribution in [0.3, 0.4) is 0 Å². The van der Waals surface area contributed by atoms with Gasteiger partial charge < -0.3 is 10.6 Å². The molecule has 0 saturated carbocycles. The maximum Gasteiger partial charge on any atom is 0.0537 e. The number of rotatable bonds is 7. The van der Waals surface area contributed by atoms with Gasteiger partial charge in [0.2, 0.25) is 0 Å². The number of hydrogen-bond acceptors (Lipinski definition) is 3. The van der Waals surface area contributed by atoms with E-state index in [2.05, 4.69) is 23.8 Å². The van der Waals surface area contributed by atoms with Gasteiger partial charge in [-0.2, -0.15) is 5.10 Å². The van der Waals surface area contributed by atoms with E-state index in [0.29, 0.717) is 0 Å². The van der Waals surface area contributed by atoms with E-state index in [1.807, 2.05) is 19.4 Å². The Kier molecular flexibility index (Phi) is 5.49. The molecule has 0 radical (unpaired) electrons. The number of nitrogens with zero attached hydrogens (tertiary/aromatic N) is 3. The summed E-state index contributed by atoms with van der Waals surface area (Å²) in [6.07, 6.45) is 6.34. The van der Waals surface area contributed by atoms with Crippen molar-refractivity contribution in [2.75, 3.05) is 19.6 Å². The molecule has 1 aromatic rings. The van der Waals surface area contributed by atoms with Crippen LogP contribution in [0.2, 0.25) is 0 Å². The fraction of sp³-hybridized carbons (Fsp3) is 0.750. The van der Waals surface area contributed by atoms with Gasteiger partial charge in [-0.15, -0.1) is 0 Å². The largest absolute Gasteiger partial charge is 0.323 e. The highest BCUT2D eigenvalue weighted by Gasteiger charge is 2.12. The molecule has 0 aromatic carbocycles. The average Bonchev–Trinajstić information content (AvgIpc) is 2.70. The molecule has 0 aliphatic rings. The third kappa shape index (κ3) is 3.94. The van der Waals surface area contributed by atoms with Gasteiger partial charge in [0.05, 0.1) is 6.20 Å². The highest BCUT2D eigenvalue weighted by Crippen LogP contribution is 2.10. The second-order valence-corrected chi connectivity index (χ2v) is 4.30. The third-order valence-corrected chi connectivity index (χ3v) is 2.88. The molecule has 1 atom stereocenters. The first-order valence-corrected chi connectivity index (χ1v) is 6.13. The van der Waals surface area contributed by atoms with Gasteiger partial charge in [0, 0.05) is 31.4 Å². The fourth-order valence-corrected chi connectivity index (χ4v) is 1.78. The van der Waals surface area contributed by atoms with Crippen LogP contribution in [0.15, 0.2) is 12.4 Å². The summed E-state index contributed by atoms with van der Waals surface area (Å²) in [6, 6.07) is 0.0745. The van der Waals surface area contributed by atoms with Crippen molar-refractivity contribution in [3.8, 4) is 0 Å². The third-order valence-electron chi connectivity index (χ3n) is 2.88. The quantitative estimate of drug-likeness (QED) is 0.764. The standard InChI is InChI=1S/C12H24N4/c1-4-6-7-16(5-2)10-12(13)11-8-14-15(3)9-11/h8-9,12H,4-7,10,13H2,1-3H3. The van der Waals surface area contributed by atoms with Crippen molar-refractivity contribution in [1.82, 2.24) is 14.7 Å². The predicted octanol–water partition coefficient (Wildman–Crippen LogP) is 1.54. The molecule has 4 heteroatoms. The number of aryl methyl sites for hydroxylation is 1. The van der Waals surface area contributed by atoms with Gasteiger partial charge in [-0.3, -0.25) is 4.68 Å². The summed E-state index contributed by atoms with van der Waals surface area (Å²) in [5.74, 6) is 0. The minimum Gasteiger partial charge on any atom is -0.323 e. The lowest BCUT2D eigenvalue weighted by Crippen LogP contribution is -2.32. The highest BCUT2D eigenvalue weighted by atomic mass is 15.2. The first kappa shape index (κ1) is 13.2. The van der Waals surface area contributed by atoms with E-state index in [0.717, 1.165) is 25.2 Å². The smallest absolute Gasteiger partial charge is 0.0537 e. The molecule has 0 bridgehead atoms. The number of aromatic nitrogens is 2. The molecule has 0 saturated heterocycles. The lowest BCUT2D eigenvalue weighted by Gasteiger charge is -2.23. The minimum atomic E-state index is 0.0745. The van der Waals surface area contributed by atoms with Crippen LogP contribution in [0.5, 0.6) is 0 Å². The lowest BCUT2D eigenvalue weighted by atomic mass is 10.1. The molecule has 16 heavy (non-hydrogen) atoms. The summed E-state index contributed by atoms with van der Waals surface area (Å²) < 4.78 is 1.80. The summed E-state index contributed by atoms with van der Waals surface area (Å²) in [4.78, 5) is 2.40. The molecule has 0 aliphatic carbocycles. The van der Waals surface area contributed by atoms with Gasteiger partial charge >= 0.3 is 0 Å². The Hall–Kier alpha value is -0.870. The maximum atomic E-state index is 6.16. The molecular formula is C12H24N4. The predicted molar refractivity (Wildman–Crippen MR) is 67.2 cm³/mol. The van der Waals surface area contributed by atoms with Crippen LogP contribution in [0.4, 0.5) is 0 Å². The van der Waals surface area contributed by atoms with E-state index in [1.165, 1.54) is 12.8 Å². The van der Waals surface area contributed by atoms with E-state index in [4.69, 9.17) is 5.73 Å². The Morgan fingerprint density at radius 2 is 2.25 bits per heavy atom. The maximum absolute atomic E-state index is 6.16. The van der Waals surface area contributed by atoms with Gasteiger partial charge in [-0.1, -0.05) is 20.3 Å². The lowest BCUT2D eigenvalue weighted by molar-refractivity contribution is 0.266. The zero-order valence-electron chi connectivity index (χ0n) is 10.7. The molecule has 2 N–H and O–H groups in total. The number of nitrogens with two attached hydrogens (primary N) is 1. The van der Waals surface area contributed by atoms with Gasteiger partial charge in [-0.05, 0) is 19.5 Å². The van der Waals surface area contributed by atoms with Crippen LogP contribution in [-0.4, -0.2) is 34.3 Å². The molecule has 92 valence electrons. The van der Waals surface area contributed by atoms with Crippen LogP contribution in [0.1, 0.15) is 38.3 Å². The first-order chi connectivity index (χ1) is 7.67. The summed E-state index contributed by atoms with van der Waals surface area (Å²) in [5.41, 5.74) is 7.28. The minimum absolute atomic E-state index is 0.0745. The van der Waals surface area contributed by atoms with Crippen LogP contribution in [-0.2, 0) is 7.05 Å². The normalized spacial score (nSPS) is 13.3. The molecule has 1 heterocycles. The van der Waals surface area contributed by atoms with Crippen LogP contribution >= 0.6 is 0 Å². The first-order valence-electron chi connectivity index (χ1n) is 6.13. The van der Waals surface area contributed by atoms with Crippen molar-refractivity contribution in [2.45, 2.75) is 32.7 Å². The highest BCUT2D eigenvalue weighted by molar-refractivity contribution is 5.09. The van der Waals surface area contributed by atoms with E-state index < -0.39 is 0 Å². The average molecular weight is 224 g/mol. The van der Waals surface area contributed by atoms with Crippen molar-refractivity contribution >= 4 is 0 Å². The van der Waals surface area contributed by atoms with Crippen molar-refractivity contribution in [1.29, 1.82) is 0 Å². The molecule has 1 rings (SSSR count). The second kappa shape index (κ2) is 6.66. The van der Waals surface area contributed by atoms with Gasteiger partial charge in [0.15, 0.2) is 0 Å². The molecule has 0 aliphatic heterocycles. The topological polar surface area (TPSA) is 47.1 Å².